The van der Waals surface area contributed by atoms with Gasteiger partial charge in [0.2, 0.25) is 0 Å². The summed E-state index contributed by atoms with van der Waals surface area (Å²) in [5.74, 6) is 0.412. The number of carboxylic acids is 1. The number of carboxylic acid groups (broad SMARTS) is 1. The quantitative estimate of drug-likeness (QED) is 0.940. The molecule has 23 heavy (non-hydrogen) atoms. The van der Waals surface area contributed by atoms with Crippen LogP contribution in [0.15, 0.2) is 30.3 Å². The zero-order chi connectivity index (χ0) is 16.4. The fourth-order valence-electron chi connectivity index (χ4n) is 3.18. The van der Waals surface area contributed by atoms with Crippen molar-refractivity contribution in [2.45, 2.75) is 32.7 Å². The lowest BCUT2D eigenvalue weighted by atomic mass is 10.1. The summed E-state index contributed by atoms with van der Waals surface area (Å²) in [6.45, 7) is 6.67. The van der Waals surface area contributed by atoms with E-state index in [1.54, 1.807) is 18.2 Å². The number of hydrogen-bond acceptors (Lipinski definition) is 4. The molecule has 1 N–H and O–H groups in total. The van der Waals surface area contributed by atoms with Crippen molar-refractivity contribution >= 4 is 5.97 Å². The first-order valence-corrected chi connectivity index (χ1v) is 7.88. The average molecular weight is 311 g/mol. The number of nitrogens with zero attached hydrogens (tertiary/aromatic N) is 3. The summed E-state index contributed by atoms with van der Waals surface area (Å²) in [4.78, 5) is 22.6. The standard InChI is InChI=1S/C18H21N3O2/c1-12-8-13(2)20-17(19-12)16-6-7-21(11-16)10-14-4-3-5-15(9-14)18(22)23/h3-5,8-9,16H,6-7,10-11H2,1-2H3,(H,22,23)/t16-/m0/s1. The van der Waals surface area contributed by atoms with E-state index in [4.69, 9.17) is 5.11 Å². The largest absolute Gasteiger partial charge is 0.478 e. The van der Waals surface area contributed by atoms with Gasteiger partial charge in [-0.25, -0.2) is 14.8 Å². The lowest BCUT2D eigenvalue weighted by Crippen LogP contribution is -2.20. The maximum Gasteiger partial charge on any atom is 0.335 e. The van der Waals surface area contributed by atoms with Gasteiger partial charge in [-0.05, 0) is 50.6 Å². The summed E-state index contributed by atoms with van der Waals surface area (Å²) in [5.41, 5.74) is 3.41. The highest BCUT2D eigenvalue weighted by Crippen LogP contribution is 2.26. The molecule has 3 rings (SSSR count). The molecule has 1 aliphatic rings. The first kappa shape index (κ1) is 15.6. The predicted octanol–water partition coefficient (Wildman–Crippen LogP) is 2.78. The first-order valence-electron chi connectivity index (χ1n) is 7.88. The maximum absolute atomic E-state index is 11.1. The molecule has 0 saturated carbocycles. The first-order chi connectivity index (χ1) is 11.0. The highest BCUT2D eigenvalue weighted by Gasteiger charge is 2.26. The van der Waals surface area contributed by atoms with Crippen LogP contribution in [0, 0.1) is 13.8 Å². The smallest absolute Gasteiger partial charge is 0.335 e. The zero-order valence-electron chi connectivity index (χ0n) is 13.5. The van der Waals surface area contributed by atoms with E-state index in [0.29, 0.717) is 11.5 Å². The summed E-state index contributed by atoms with van der Waals surface area (Å²) in [6.07, 6.45) is 1.04. The van der Waals surface area contributed by atoms with Crippen LogP contribution >= 0.6 is 0 Å². The molecule has 2 aromatic rings. The predicted molar refractivity (Wildman–Crippen MR) is 87.5 cm³/mol. The van der Waals surface area contributed by atoms with Gasteiger partial charge < -0.3 is 5.11 Å². The fourth-order valence-corrected chi connectivity index (χ4v) is 3.18. The summed E-state index contributed by atoms with van der Waals surface area (Å²) in [5, 5.41) is 9.08. The molecule has 1 aromatic heterocycles. The van der Waals surface area contributed by atoms with Crippen LogP contribution < -0.4 is 0 Å². The van der Waals surface area contributed by atoms with Gasteiger partial charge in [-0.3, -0.25) is 4.90 Å². The number of aryl methyl sites for hydroxylation is 2. The van der Waals surface area contributed by atoms with E-state index in [9.17, 15) is 4.79 Å². The van der Waals surface area contributed by atoms with Gasteiger partial charge in [0.25, 0.3) is 0 Å². The fraction of sp³-hybridized carbons (Fsp3) is 0.389. The molecule has 0 bridgehead atoms. The number of rotatable bonds is 4. The SMILES string of the molecule is Cc1cc(C)nc([C@H]2CCN(Cc3cccc(C(=O)O)c3)C2)n1. The number of aromatic nitrogens is 2. The molecule has 1 aromatic carbocycles. The van der Waals surface area contributed by atoms with E-state index < -0.39 is 5.97 Å². The van der Waals surface area contributed by atoms with E-state index >= 15 is 0 Å². The normalized spacial score (nSPS) is 18.3. The van der Waals surface area contributed by atoms with E-state index in [-0.39, 0.29) is 0 Å². The number of likely N-dealkylation sites (tertiary alicyclic amines) is 1. The van der Waals surface area contributed by atoms with Gasteiger partial charge in [-0.2, -0.15) is 0 Å². The van der Waals surface area contributed by atoms with Crippen LogP contribution in [0.1, 0.15) is 45.5 Å². The molecule has 1 atom stereocenters. The third kappa shape index (κ3) is 3.74. The molecule has 0 unspecified atom stereocenters. The summed E-state index contributed by atoms with van der Waals surface area (Å²) < 4.78 is 0. The van der Waals surface area contributed by atoms with Crippen LogP contribution in [0.3, 0.4) is 0 Å². The van der Waals surface area contributed by atoms with Crippen molar-refractivity contribution in [2.24, 2.45) is 0 Å². The van der Waals surface area contributed by atoms with Gasteiger partial charge >= 0.3 is 5.97 Å². The van der Waals surface area contributed by atoms with Gasteiger partial charge in [-0.15, -0.1) is 0 Å². The highest BCUT2D eigenvalue weighted by molar-refractivity contribution is 5.87. The number of carbonyl (C=O) groups is 1. The molecule has 0 aliphatic carbocycles. The Balaban J connectivity index is 1.68. The molecule has 0 amide bonds. The maximum atomic E-state index is 11.1. The summed E-state index contributed by atoms with van der Waals surface area (Å²) in [6, 6.07) is 9.16. The Morgan fingerprint density at radius 3 is 2.70 bits per heavy atom. The summed E-state index contributed by atoms with van der Waals surface area (Å²) >= 11 is 0. The van der Waals surface area contributed by atoms with Crippen molar-refractivity contribution in [2.75, 3.05) is 13.1 Å². The van der Waals surface area contributed by atoms with Crippen molar-refractivity contribution in [3.8, 4) is 0 Å². The van der Waals surface area contributed by atoms with Gasteiger partial charge in [0.15, 0.2) is 0 Å². The van der Waals surface area contributed by atoms with Gasteiger partial charge in [-0.1, -0.05) is 12.1 Å². The Morgan fingerprint density at radius 2 is 2.00 bits per heavy atom. The Hall–Kier alpha value is -2.27. The van der Waals surface area contributed by atoms with Crippen LogP contribution in [0.4, 0.5) is 0 Å². The second-order valence-corrected chi connectivity index (χ2v) is 6.24. The van der Waals surface area contributed by atoms with Crippen molar-refractivity contribution in [3.63, 3.8) is 0 Å². The average Bonchev–Trinajstić information content (AvgIpc) is 2.95. The van der Waals surface area contributed by atoms with Crippen molar-refractivity contribution in [1.29, 1.82) is 0 Å². The molecule has 5 heteroatoms. The van der Waals surface area contributed by atoms with Gasteiger partial charge in [0, 0.05) is 30.4 Å². The van der Waals surface area contributed by atoms with E-state index in [1.165, 1.54) is 0 Å². The van der Waals surface area contributed by atoms with Crippen LogP contribution in [0.25, 0.3) is 0 Å². The van der Waals surface area contributed by atoms with Gasteiger partial charge in [0.05, 0.1) is 5.56 Å². The van der Waals surface area contributed by atoms with E-state index in [0.717, 1.165) is 48.8 Å². The molecule has 120 valence electrons. The molecule has 1 fully saturated rings. The molecular weight excluding hydrogens is 290 g/mol. The molecule has 0 radical (unpaired) electrons. The minimum atomic E-state index is -0.880. The molecule has 1 saturated heterocycles. The minimum Gasteiger partial charge on any atom is -0.478 e. The Morgan fingerprint density at radius 1 is 1.26 bits per heavy atom. The topological polar surface area (TPSA) is 66.3 Å². The molecule has 5 nitrogen and oxygen atoms in total. The molecule has 2 heterocycles. The Kier molecular flexibility index (Phi) is 4.39. The minimum absolute atomic E-state index is 0.343. The van der Waals surface area contributed by atoms with Gasteiger partial charge in [0.1, 0.15) is 5.82 Å². The van der Waals surface area contributed by atoms with Crippen molar-refractivity contribution in [3.05, 3.63) is 58.7 Å². The lowest BCUT2D eigenvalue weighted by molar-refractivity contribution is 0.0696. The Labute approximate surface area is 136 Å². The van der Waals surface area contributed by atoms with E-state index in [1.807, 2.05) is 26.0 Å². The lowest BCUT2D eigenvalue weighted by Gasteiger charge is -2.16. The number of aromatic carboxylic acids is 1. The van der Waals surface area contributed by atoms with Crippen LogP contribution in [0.2, 0.25) is 0 Å². The third-order valence-electron chi connectivity index (χ3n) is 4.22. The van der Waals surface area contributed by atoms with Crippen LogP contribution in [0.5, 0.6) is 0 Å². The Bertz CT molecular complexity index is 710. The number of benzene rings is 1. The third-order valence-corrected chi connectivity index (χ3v) is 4.22. The van der Waals surface area contributed by atoms with Crippen LogP contribution in [-0.2, 0) is 6.54 Å². The molecule has 1 aliphatic heterocycles. The van der Waals surface area contributed by atoms with Crippen molar-refractivity contribution < 1.29 is 9.90 Å². The van der Waals surface area contributed by atoms with E-state index in [2.05, 4.69) is 14.9 Å². The molecule has 0 spiro atoms. The second-order valence-electron chi connectivity index (χ2n) is 6.24. The molecular formula is C18H21N3O2. The zero-order valence-corrected chi connectivity index (χ0v) is 13.5. The second kappa shape index (κ2) is 6.46. The number of hydrogen-bond donors (Lipinski definition) is 1. The highest BCUT2D eigenvalue weighted by atomic mass is 16.4. The monoisotopic (exact) mass is 311 g/mol. The summed E-state index contributed by atoms with van der Waals surface area (Å²) in [7, 11) is 0. The van der Waals surface area contributed by atoms with Crippen LogP contribution in [-0.4, -0.2) is 39.0 Å². The van der Waals surface area contributed by atoms with Crippen molar-refractivity contribution in [1.82, 2.24) is 14.9 Å².